The minimum atomic E-state index is -1.08. The molecule has 0 radical (unpaired) electrons. The van der Waals surface area contributed by atoms with Crippen molar-refractivity contribution in [2.24, 2.45) is 0 Å². The number of hydrogen-bond donors (Lipinski definition) is 1. The van der Waals surface area contributed by atoms with E-state index in [1.807, 2.05) is 54.6 Å². The van der Waals surface area contributed by atoms with E-state index in [1.54, 1.807) is 10.7 Å². The molecule has 2 aromatic heterocycles. The standard InChI is InChI=1S/C19H12ClN3O2/c20-15-6-2-4-13(10-15)12-3-1-5-14(9-12)17-7-8-21-18-11-16(19(24)25)22-23(17)18/h1-11H,(H,24,25). The highest BCUT2D eigenvalue weighted by Crippen LogP contribution is 2.28. The van der Waals surface area contributed by atoms with Crippen LogP contribution in [0.1, 0.15) is 10.5 Å². The fraction of sp³-hybridized carbons (Fsp3) is 0. The summed E-state index contributed by atoms with van der Waals surface area (Å²) in [6.07, 6.45) is 1.64. The summed E-state index contributed by atoms with van der Waals surface area (Å²) in [5.74, 6) is -1.08. The maximum atomic E-state index is 11.2. The normalized spacial score (nSPS) is 10.9. The lowest BCUT2D eigenvalue weighted by atomic mass is 10.0. The topological polar surface area (TPSA) is 67.5 Å². The first-order valence-corrected chi connectivity index (χ1v) is 7.94. The van der Waals surface area contributed by atoms with Crippen LogP contribution in [0.25, 0.3) is 28.0 Å². The monoisotopic (exact) mass is 349 g/mol. The highest BCUT2D eigenvalue weighted by Gasteiger charge is 2.13. The van der Waals surface area contributed by atoms with Gasteiger partial charge in [-0.2, -0.15) is 5.10 Å². The molecule has 0 unspecified atom stereocenters. The van der Waals surface area contributed by atoms with E-state index in [2.05, 4.69) is 10.1 Å². The van der Waals surface area contributed by atoms with Gasteiger partial charge >= 0.3 is 5.97 Å². The Morgan fingerprint density at radius 2 is 1.68 bits per heavy atom. The van der Waals surface area contributed by atoms with Crippen LogP contribution in [-0.2, 0) is 0 Å². The Labute approximate surface area is 148 Å². The average Bonchev–Trinajstić information content (AvgIpc) is 3.06. The maximum Gasteiger partial charge on any atom is 0.356 e. The van der Waals surface area contributed by atoms with Gasteiger partial charge in [0.1, 0.15) is 0 Å². The van der Waals surface area contributed by atoms with Gasteiger partial charge in [-0.1, -0.05) is 41.9 Å². The second-order valence-corrected chi connectivity index (χ2v) is 5.96. The number of carbonyl (C=O) groups is 1. The highest BCUT2D eigenvalue weighted by atomic mass is 35.5. The maximum absolute atomic E-state index is 11.2. The molecule has 0 saturated heterocycles. The molecule has 6 heteroatoms. The third-order valence-corrected chi connectivity index (χ3v) is 4.13. The van der Waals surface area contributed by atoms with Gasteiger partial charge in [0.15, 0.2) is 11.3 Å². The average molecular weight is 350 g/mol. The van der Waals surface area contributed by atoms with Crippen molar-refractivity contribution in [3.05, 3.63) is 77.6 Å². The Morgan fingerprint density at radius 3 is 2.44 bits per heavy atom. The van der Waals surface area contributed by atoms with Crippen LogP contribution >= 0.6 is 11.6 Å². The zero-order chi connectivity index (χ0) is 17.4. The number of aromatic nitrogens is 3. The van der Waals surface area contributed by atoms with Gasteiger partial charge < -0.3 is 5.11 Å². The molecule has 5 nitrogen and oxygen atoms in total. The van der Waals surface area contributed by atoms with Crippen LogP contribution < -0.4 is 0 Å². The summed E-state index contributed by atoms with van der Waals surface area (Å²) >= 11 is 6.08. The van der Waals surface area contributed by atoms with Gasteiger partial charge in [0, 0.05) is 22.8 Å². The third-order valence-electron chi connectivity index (χ3n) is 3.89. The number of halogens is 1. The predicted molar refractivity (Wildman–Crippen MR) is 95.8 cm³/mol. The van der Waals surface area contributed by atoms with E-state index in [1.165, 1.54) is 6.07 Å². The van der Waals surface area contributed by atoms with Crippen molar-refractivity contribution in [3.8, 4) is 22.4 Å². The van der Waals surface area contributed by atoms with E-state index in [4.69, 9.17) is 16.7 Å². The quantitative estimate of drug-likeness (QED) is 0.594. The fourth-order valence-corrected chi connectivity index (χ4v) is 2.93. The SMILES string of the molecule is O=C(O)c1cc2nccc(-c3cccc(-c4cccc(Cl)c4)c3)n2n1. The molecule has 4 aromatic rings. The number of rotatable bonds is 3. The van der Waals surface area contributed by atoms with Crippen LogP contribution in [0, 0.1) is 0 Å². The second kappa shape index (κ2) is 6.03. The number of aromatic carboxylic acids is 1. The number of fused-ring (bicyclic) bond motifs is 1. The zero-order valence-corrected chi connectivity index (χ0v) is 13.7. The summed E-state index contributed by atoms with van der Waals surface area (Å²) in [6, 6.07) is 18.8. The summed E-state index contributed by atoms with van der Waals surface area (Å²) in [5, 5.41) is 14.0. The van der Waals surface area contributed by atoms with Gasteiger partial charge in [-0.25, -0.2) is 14.3 Å². The molecule has 122 valence electrons. The van der Waals surface area contributed by atoms with Gasteiger partial charge in [-0.05, 0) is 35.4 Å². The van der Waals surface area contributed by atoms with Gasteiger partial charge in [-0.3, -0.25) is 0 Å². The molecule has 1 N–H and O–H groups in total. The first-order chi connectivity index (χ1) is 12.1. The molecule has 2 heterocycles. The van der Waals surface area contributed by atoms with Crippen LogP contribution in [0.5, 0.6) is 0 Å². The van der Waals surface area contributed by atoms with Crippen LogP contribution in [-0.4, -0.2) is 25.7 Å². The lowest BCUT2D eigenvalue weighted by Gasteiger charge is -2.08. The van der Waals surface area contributed by atoms with Crippen LogP contribution in [0.4, 0.5) is 0 Å². The van der Waals surface area contributed by atoms with E-state index in [0.717, 1.165) is 22.4 Å². The number of carboxylic acid groups (broad SMARTS) is 1. The first-order valence-electron chi connectivity index (χ1n) is 7.56. The van der Waals surface area contributed by atoms with Crippen LogP contribution in [0.3, 0.4) is 0 Å². The van der Waals surface area contributed by atoms with Crippen LogP contribution in [0.15, 0.2) is 66.9 Å². The molecule has 0 aliphatic carbocycles. The highest BCUT2D eigenvalue weighted by molar-refractivity contribution is 6.30. The fourth-order valence-electron chi connectivity index (χ4n) is 2.74. The Morgan fingerprint density at radius 1 is 0.960 bits per heavy atom. The minimum Gasteiger partial charge on any atom is -0.476 e. The molecule has 0 spiro atoms. The molecule has 4 rings (SSSR count). The number of carboxylic acids is 1. The molecule has 0 saturated carbocycles. The van der Waals surface area contributed by atoms with E-state index < -0.39 is 5.97 Å². The Bertz CT molecular complexity index is 1100. The smallest absolute Gasteiger partial charge is 0.356 e. The molecule has 0 aliphatic rings. The molecule has 25 heavy (non-hydrogen) atoms. The molecule has 2 aromatic carbocycles. The summed E-state index contributed by atoms with van der Waals surface area (Å²) in [7, 11) is 0. The van der Waals surface area contributed by atoms with Crippen molar-refractivity contribution < 1.29 is 9.90 Å². The molecule has 0 amide bonds. The van der Waals surface area contributed by atoms with E-state index in [0.29, 0.717) is 10.7 Å². The number of nitrogens with zero attached hydrogens (tertiary/aromatic N) is 3. The Kier molecular flexibility index (Phi) is 3.71. The number of benzene rings is 2. The lowest BCUT2D eigenvalue weighted by molar-refractivity contribution is 0.0690. The van der Waals surface area contributed by atoms with E-state index in [-0.39, 0.29) is 5.69 Å². The van der Waals surface area contributed by atoms with Crippen molar-refractivity contribution in [2.75, 3.05) is 0 Å². The molecular weight excluding hydrogens is 338 g/mol. The second-order valence-electron chi connectivity index (χ2n) is 5.53. The van der Waals surface area contributed by atoms with Gasteiger partial charge in [0.05, 0.1) is 5.69 Å². The summed E-state index contributed by atoms with van der Waals surface area (Å²) in [6.45, 7) is 0. The lowest BCUT2D eigenvalue weighted by Crippen LogP contribution is -1.99. The Hall–Kier alpha value is -3.18. The summed E-state index contributed by atoms with van der Waals surface area (Å²) < 4.78 is 1.54. The van der Waals surface area contributed by atoms with E-state index >= 15 is 0 Å². The molecule has 0 bridgehead atoms. The first kappa shape index (κ1) is 15.4. The van der Waals surface area contributed by atoms with Crippen molar-refractivity contribution in [3.63, 3.8) is 0 Å². The molecular formula is C19H12ClN3O2. The zero-order valence-electron chi connectivity index (χ0n) is 12.9. The molecule has 0 fully saturated rings. The van der Waals surface area contributed by atoms with Crippen molar-refractivity contribution in [1.82, 2.24) is 14.6 Å². The molecule has 0 atom stereocenters. The van der Waals surface area contributed by atoms with Gasteiger partial charge in [0.25, 0.3) is 0 Å². The molecule has 0 aliphatic heterocycles. The predicted octanol–water partition coefficient (Wildman–Crippen LogP) is 4.41. The van der Waals surface area contributed by atoms with Crippen molar-refractivity contribution >= 4 is 23.2 Å². The van der Waals surface area contributed by atoms with E-state index in [9.17, 15) is 4.79 Å². The third kappa shape index (κ3) is 2.86. The summed E-state index contributed by atoms with van der Waals surface area (Å²) in [5.41, 5.74) is 4.14. The van der Waals surface area contributed by atoms with Crippen molar-refractivity contribution in [1.29, 1.82) is 0 Å². The van der Waals surface area contributed by atoms with Crippen molar-refractivity contribution in [2.45, 2.75) is 0 Å². The largest absolute Gasteiger partial charge is 0.476 e. The number of hydrogen-bond acceptors (Lipinski definition) is 3. The summed E-state index contributed by atoms with van der Waals surface area (Å²) in [4.78, 5) is 15.4. The van der Waals surface area contributed by atoms with Gasteiger partial charge in [0.2, 0.25) is 0 Å². The van der Waals surface area contributed by atoms with Crippen LogP contribution in [0.2, 0.25) is 5.02 Å². The minimum absolute atomic E-state index is 0.0362. The Balaban J connectivity index is 1.87. The van der Waals surface area contributed by atoms with Gasteiger partial charge in [-0.15, -0.1) is 0 Å².